The highest BCUT2D eigenvalue weighted by atomic mass is 16.5. The average Bonchev–Trinajstić information content (AvgIpc) is 2.80. The van der Waals surface area contributed by atoms with Gasteiger partial charge in [-0.3, -0.25) is 0 Å². The number of aliphatic hydroxyl groups excluding tert-OH is 1. The Kier molecular flexibility index (Phi) is 5.04. The van der Waals surface area contributed by atoms with Gasteiger partial charge in [-0.05, 0) is 44.5 Å². The van der Waals surface area contributed by atoms with E-state index in [-0.39, 0.29) is 5.92 Å². The Morgan fingerprint density at radius 3 is 2.38 bits per heavy atom. The van der Waals surface area contributed by atoms with Gasteiger partial charge in [0, 0.05) is 18.0 Å². The molecule has 0 aliphatic heterocycles. The van der Waals surface area contributed by atoms with E-state index in [9.17, 15) is 5.11 Å². The van der Waals surface area contributed by atoms with Crippen molar-refractivity contribution >= 4 is 0 Å². The van der Waals surface area contributed by atoms with Gasteiger partial charge in [0.2, 0.25) is 0 Å². The van der Waals surface area contributed by atoms with Crippen molar-refractivity contribution in [3.8, 4) is 5.75 Å². The van der Waals surface area contributed by atoms with Crippen LogP contribution in [-0.4, -0.2) is 18.3 Å². The molecule has 1 heterocycles. The molecule has 1 aromatic carbocycles. The molecule has 0 fully saturated rings. The van der Waals surface area contributed by atoms with E-state index in [1.165, 1.54) is 0 Å². The first-order chi connectivity index (χ1) is 10.1. The van der Waals surface area contributed by atoms with Crippen molar-refractivity contribution in [2.24, 2.45) is 5.73 Å². The number of hydrogen-bond acceptors (Lipinski definition) is 4. The van der Waals surface area contributed by atoms with Crippen LogP contribution in [0.25, 0.3) is 0 Å². The summed E-state index contributed by atoms with van der Waals surface area (Å²) in [6.07, 6.45) is -0.676. The highest BCUT2D eigenvalue weighted by molar-refractivity contribution is 5.33. The van der Waals surface area contributed by atoms with Crippen LogP contribution in [0.15, 0.2) is 34.7 Å². The Bertz CT molecular complexity index is 574. The van der Waals surface area contributed by atoms with Gasteiger partial charge in [0.15, 0.2) is 0 Å². The van der Waals surface area contributed by atoms with Crippen LogP contribution < -0.4 is 10.5 Å². The lowest BCUT2D eigenvalue weighted by Gasteiger charge is -2.22. The standard InChI is InChI=1S/C17H23NO3/c1-4-20-14-7-5-13(6-8-14)16(10-18)17(19)15-9-11(2)21-12(15)3/h5-9,16-17,19H,4,10,18H2,1-3H3. The van der Waals surface area contributed by atoms with Crippen LogP contribution in [-0.2, 0) is 0 Å². The molecule has 0 amide bonds. The molecule has 0 spiro atoms. The zero-order valence-electron chi connectivity index (χ0n) is 12.8. The lowest BCUT2D eigenvalue weighted by atomic mass is 9.89. The minimum atomic E-state index is -0.676. The number of ether oxygens (including phenoxy) is 1. The Morgan fingerprint density at radius 2 is 1.90 bits per heavy atom. The van der Waals surface area contributed by atoms with Gasteiger partial charge in [-0.25, -0.2) is 0 Å². The first-order valence-electron chi connectivity index (χ1n) is 7.24. The van der Waals surface area contributed by atoms with E-state index >= 15 is 0 Å². The normalized spacial score (nSPS) is 14.0. The van der Waals surface area contributed by atoms with Crippen molar-refractivity contribution in [3.63, 3.8) is 0 Å². The first-order valence-corrected chi connectivity index (χ1v) is 7.24. The van der Waals surface area contributed by atoms with Crippen LogP contribution in [0.1, 0.15) is 41.6 Å². The van der Waals surface area contributed by atoms with Gasteiger partial charge in [-0.1, -0.05) is 12.1 Å². The van der Waals surface area contributed by atoms with Crippen molar-refractivity contribution in [1.82, 2.24) is 0 Å². The molecule has 0 saturated carbocycles. The summed E-state index contributed by atoms with van der Waals surface area (Å²) in [6.45, 7) is 6.67. The minimum absolute atomic E-state index is 0.170. The lowest BCUT2D eigenvalue weighted by Crippen LogP contribution is -2.20. The van der Waals surface area contributed by atoms with E-state index in [0.717, 1.165) is 28.4 Å². The molecule has 2 rings (SSSR count). The molecule has 2 atom stereocenters. The quantitative estimate of drug-likeness (QED) is 0.857. The molecule has 4 heteroatoms. The third-order valence-corrected chi connectivity index (χ3v) is 3.65. The first kappa shape index (κ1) is 15.6. The molecule has 2 aromatic rings. The van der Waals surface area contributed by atoms with Crippen molar-refractivity contribution in [1.29, 1.82) is 0 Å². The van der Waals surface area contributed by atoms with Crippen LogP contribution in [0.4, 0.5) is 0 Å². The molecule has 0 bridgehead atoms. The SMILES string of the molecule is CCOc1ccc(C(CN)C(O)c2cc(C)oc2C)cc1. The molecular formula is C17H23NO3. The molecule has 114 valence electrons. The van der Waals surface area contributed by atoms with E-state index in [1.54, 1.807) is 0 Å². The van der Waals surface area contributed by atoms with Crippen LogP contribution in [0.3, 0.4) is 0 Å². The summed E-state index contributed by atoms with van der Waals surface area (Å²) in [7, 11) is 0. The van der Waals surface area contributed by atoms with E-state index in [1.807, 2.05) is 51.1 Å². The predicted octanol–water partition coefficient (Wildman–Crippen LogP) is 3.07. The third-order valence-electron chi connectivity index (χ3n) is 3.65. The molecular weight excluding hydrogens is 266 g/mol. The number of benzene rings is 1. The molecule has 4 nitrogen and oxygen atoms in total. The second-order valence-corrected chi connectivity index (χ2v) is 5.16. The molecule has 21 heavy (non-hydrogen) atoms. The summed E-state index contributed by atoms with van der Waals surface area (Å²) in [4.78, 5) is 0. The highest BCUT2D eigenvalue weighted by Crippen LogP contribution is 2.33. The topological polar surface area (TPSA) is 68.6 Å². The summed E-state index contributed by atoms with van der Waals surface area (Å²) in [5.41, 5.74) is 7.67. The second kappa shape index (κ2) is 6.78. The molecule has 0 aliphatic carbocycles. The van der Waals surface area contributed by atoms with Gasteiger partial charge in [-0.15, -0.1) is 0 Å². The largest absolute Gasteiger partial charge is 0.494 e. The Morgan fingerprint density at radius 1 is 1.24 bits per heavy atom. The molecule has 0 radical (unpaired) electrons. The van der Waals surface area contributed by atoms with E-state index in [0.29, 0.717) is 13.2 Å². The smallest absolute Gasteiger partial charge is 0.119 e. The van der Waals surface area contributed by atoms with Gasteiger partial charge in [-0.2, -0.15) is 0 Å². The zero-order valence-corrected chi connectivity index (χ0v) is 12.8. The van der Waals surface area contributed by atoms with Gasteiger partial charge in [0.05, 0.1) is 12.7 Å². The van der Waals surface area contributed by atoms with E-state index in [4.69, 9.17) is 14.9 Å². The van der Waals surface area contributed by atoms with Crippen molar-refractivity contribution < 1.29 is 14.3 Å². The van der Waals surface area contributed by atoms with Gasteiger partial charge in [0.1, 0.15) is 17.3 Å². The zero-order chi connectivity index (χ0) is 15.4. The van der Waals surface area contributed by atoms with Crippen molar-refractivity contribution in [3.05, 3.63) is 53.0 Å². The minimum Gasteiger partial charge on any atom is -0.494 e. The van der Waals surface area contributed by atoms with Crippen LogP contribution in [0.5, 0.6) is 5.75 Å². The summed E-state index contributed by atoms with van der Waals surface area (Å²) in [5.74, 6) is 2.19. The van der Waals surface area contributed by atoms with E-state index < -0.39 is 6.10 Å². The van der Waals surface area contributed by atoms with Crippen LogP contribution in [0.2, 0.25) is 0 Å². The van der Waals surface area contributed by atoms with Crippen molar-refractivity contribution in [2.45, 2.75) is 32.8 Å². The lowest BCUT2D eigenvalue weighted by molar-refractivity contribution is 0.145. The van der Waals surface area contributed by atoms with Gasteiger partial charge >= 0.3 is 0 Å². The number of aryl methyl sites for hydroxylation is 2. The number of hydrogen-bond donors (Lipinski definition) is 2. The fourth-order valence-electron chi connectivity index (χ4n) is 2.59. The fraction of sp³-hybridized carbons (Fsp3) is 0.412. The summed E-state index contributed by atoms with van der Waals surface area (Å²) < 4.78 is 10.9. The molecule has 0 saturated heterocycles. The molecule has 2 unspecified atom stereocenters. The van der Waals surface area contributed by atoms with E-state index in [2.05, 4.69) is 0 Å². The maximum absolute atomic E-state index is 10.6. The maximum Gasteiger partial charge on any atom is 0.119 e. The molecule has 0 aliphatic rings. The Labute approximate surface area is 125 Å². The molecule has 3 N–H and O–H groups in total. The maximum atomic E-state index is 10.6. The second-order valence-electron chi connectivity index (χ2n) is 5.16. The average molecular weight is 289 g/mol. The summed E-state index contributed by atoms with van der Waals surface area (Å²) in [5, 5.41) is 10.6. The van der Waals surface area contributed by atoms with Gasteiger partial charge < -0.3 is 20.0 Å². The highest BCUT2D eigenvalue weighted by Gasteiger charge is 2.24. The molecule has 1 aromatic heterocycles. The van der Waals surface area contributed by atoms with Crippen LogP contribution >= 0.6 is 0 Å². The number of furan rings is 1. The summed E-state index contributed by atoms with van der Waals surface area (Å²) in [6, 6.07) is 9.59. The number of rotatable bonds is 6. The third kappa shape index (κ3) is 3.46. The monoisotopic (exact) mass is 289 g/mol. The predicted molar refractivity (Wildman–Crippen MR) is 82.5 cm³/mol. The summed E-state index contributed by atoms with van der Waals surface area (Å²) >= 11 is 0. The number of aliphatic hydroxyl groups is 1. The van der Waals surface area contributed by atoms with Crippen LogP contribution in [0, 0.1) is 13.8 Å². The van der Waals surface area contributed by atoms with Gasteiger partial charge in [0.25, 0.3) is 0 Å². The Balaban J connectivity index is 2.24. The fourth-order valence-corrected chi connectivity index (χ4v) is 2.59. The Hall–Kier alpha value is -1.78. The van der Waals surface area contributed by atoms with Crippen molar-refractivity contribution in [2.75, 3.05) is 13.2 Å². The number of nitrogens with two attached hydrogens (primary N) is 1.